The van der Waals surface area contributed by atoms with Crippen LogP contribution in [0.25, 0.3) is 0 Å². The van der Waals surface area contributed by atoms with Crippen LogP contribution in [0.4, 0.5) is 0 Å². The van der Waals surface area contributed by atoms with Gasteiger partial charge >= 0.3 is 0 Å². The van der Waals surface area contributed by atoms with Gasteiger partial charge in [0.1, 0.15) is 0 Å². The van der Waals surface area contributed by atoms with Crippen molar-refractivity contribution in [3.05, 3.63) is 0 Å². The zero-order valence-corrected chi connectivity index (χ0v) is 10.9. The highest BCUT2D eigenvalue weighted by atomic mass is 28.2. The van der Waals surface area contributed by atoms with Crippen LogP contribution in [-0.4, -0.2) is 67.8 Å². The molecule has 0 saturated carbocycles. The molecule has 0 radical (unpaired) electrons. The van der Waals surface area contributed by atoms with Crippen molar-refractivity contribution in [1.82, 2.24) is 20.1 Å². The summed E-state index contributed by atoms with van der Waals surface area (Å²) in [5.74, 6) is 0. The molecule has 2 N–H and O–H groups in total. The maximum atomic E-state index is 3.34. The molecule has 0 unspecified atom stereocenters. The molecule has 0 spiro atoms. The molecule has 12 heavy (non-hydrogen) atoms. The first kappa shape index (κ1) is 12.1. The lowest BCUT2D eigenvalue weighted by atomic mass is 10.4. The minimum absolute atomic E-state index is 0.472. The minimum Gasteiger partial charge on any atom is -0.334 e. The highest BCUT2D eigenvalue weighted by Gasteiger charge is 2.11. The summed E-state index contributed by atoms with van der Waals surface area (Å²) < 4.78 is 0. The molecule has 5 heteroatoms. The first-order valence-corrected chi connectivity index (χ1v) is 5.27. The molecule has 0 aliphatic heterocycles. The molecule has 0 atom stereocenters. The van der Waals surface area contributed by atoms with Crippen LogP contribution in [0.15, 0.2) is 0 Å². The highest BCUT2D eigenvalue weighted by Crippen LogP contribution is 1.93. The van der Waals surface area contributed by atoms with Gasteiger partial charge in [-0.2, -0.15) is 0 Å². The Labute approximate surface area is 78.8 Å². The van der Waals surface area contributed by atoms with Crippen molar-refractivity contribution >= 4 is 10.4 Å². The van der Waals surface area contributed by atoms with Crippen molar-refractivity contribution in [2.45, 2.75) is 6.17 Å². The molecule has 0 heterocycles. The van der Waals surface area contributed by atoms with Gasteiger partial charge in [-0.1, -0.05) is 0 Å². The van der Waals surface area contributed by atoms with E-state index in [1.54, 1.807) is 0 Å². The fourth-order valence-corrected chi connectivity index (χ4v) is 1.40. The summed E-state index contributed by atoms with van der Waals surface area (Å²) in [5, 5.41) is 3.34. The Bertz CT molecular complexity index is 99.6. The van der Waals surface area contributed by atoms with Gasteiger partial charge in [-0.3, -0.25) is 9.80 Å². The molecule has 0 bridgehead atoms. The van der Waals surface area contributed by atoms with Crippen molar-refractivity contribution in [3.63, 3.8) is 0 Å². The third-order valence-corrected chi connectivity index (χ3v) is 2.17. The molecule has 0 amide bonds. The molecule has 0 aromatic heterocycles. The quantitative estimate of drug-likeness (QED) is 0.284. The second-order valence-corrected chi connectivity index (χ2v) is 4.10. The Morgan fingerprint density at radius 3 is 2.00 bits per heavy atom. The predicted molar refractivity (Wildman–Crippen MR) is 57.1 cm³/mol. The van der Waals surface area contributed by atoms with Crippen LogP contribution in [0.5, 0.6) is 0 Å². The van der Waals surface area contributed by atoms with E-state index < -0.39 is 0 Å². The topological polar surface area (TPSA) is 30.5 Å². The summed E-state index contributed by atoms with van der Waals surface area (Å²) in [5.41, 5.74) is 0. The zero-order chi connectivity index (χ0) is 9.56. The van der Waals surface area contributed by atoms with Gasteiger partial charge in [0.05, 0.1) is 16.6 Å². The van der Waals surface area contributed by atoms with Gasteiger partial charge in [0.25, 0.3) is 0 Å². The van der Waals surface area contributed by atoms with Crippen LogP contribution in [0, 0.1) is 0 Å². The van der Waals surface area contributed by atoms with Gasteiger partial charge in [0, 0.05) is 13.2 Å². The molecule has 0 aliphatic carbocycles. The lowest BCUT2D eigenvalue weighted by molar-refractivity contribution is 0.127. The van der Waals surface area contributed by atoms with Crippen LogP contribution in [0.1, 0.15) is 0 Å². The van der Waals surface area contributed by atoms with E-state index in [-0.39, 0.29) is 0 Å². The van der Waals surface area contributed by atoms with E-state index in [9.17, 15) is 0 Å². The van der Waals surface area contributed by atoms with Crippen molar-refractivity contribution in [2.24, 2.45) is 0 Å². The van der Waals surface area contributed by atoms with E-state index in [0.717, 1.165) is 23.6 Å². The number of nitrogens with one attached hydrogen (secondary N) is 2. The van der Waals surface area contributed by atoms with Crippen LogP contribution in [-0.2, 0) is 0 Å². The molecule has 4 nitrogen and oxygen atoms in total. The van der Waals surface area contributed by atoms with Crippen LogP contribution >= 0.6 is 0 Å². The standard InChI is InChI=1S/C7H22N4Si/c1-10(2)7(11(3)4)5-8-6-9-12/h7-9H,5-6H2,1-4,12H3. The number of likely N-dealkylation sites (N-methyl/N-ethyl adjacent to an activating group) is 2. The second kappa shape index (κ2) is 6.56. The molecule has 0 rings (SSSR count). The van der Waals surface area contributed by atoms with Crippen molar-refractivity contribution < 1.29 is 0 Å². The van der Waals surface area contributed by atoms with Gasteiger partial charge in [-0.25, -0.2) is 0 Å². The van der Waals surface area contributed by atoms with E-state index in [1.165, 1.54) is 0 Å². The van der Waals surface area contributed by atoms with Gasteiger partial charge in [0.2, 0.25) is 0 Å². The molecule has 74 valence electrons. The third-order valence-electron chi connectivity index (χ3n) is 1.82. The Kier molecular flexibility index (Phi) is 6.59. The minimum atomic E-state index is 0.472. The fourth-order valence-electron chi connectivity index (χ4n) is 1.15. The zero-order valence-electron chi connectivity index (χ0n) is 8.89. The number of nitrogens with zero attached hydrogens (tertiary/aromatic N) is 2. The van der Waals surface area contributed by atoms with Crippen LogP contribution in [0.3, 0.4) is 0 Å². The van der Waals surface area contributed by atoms with E-state index in [4.69, 9.17) is 0 Å². The Morgan fingerprint density at radius 1 is 1.17 bits per heavy atom. The van der Waals surface area contributed by atoms with E-state index >= 15 is 0 Å². The molecular weight excluding hydrogens is 168 g/mol. The molecule has 0 aliphatic rings. The maximum absolute atomic E-state index is 3.34. The van der Waals surface area contributed by atoms with Gasteiger partial charge in [-0.05, 0) is 28.2 Å². The summed E-state index contributed by atoms with van der Waals surface area (Å²) in [6.45, 7) is 1.92. The SMILES string of the molecule is CN(C)C(CNCN[SiH3])N(C)C. The first-order chi connectivity index (χ1) is 5.59. The average Bonchev–Trinajstić information content (AvgIpc) is 1.96. The van der Waals surface area contributed by atoms with Crippen LogP contribution in [0.2, 0.25) is 0 Å². The maximum Gasteiger partial charge on any atom is 0.0764 e. The molecule has 0 saturated heterocycles. The van der Waals surface area contributed by atoms with Crippen molar-refractivity contribution in [1.29, 1.82) is 0 Å². The Morgan fingerprint density at radius 2 is 1.67 bits per heavy atom. The number of hydrogen-bond donors (Lipinski definition) is 2. The lowest BCUT2D eigenvalue weighted by Gasteiger charge is -2.30. The van der Waals surface area contributed by atoms with Gasteiger partial charge < -0.3 is 10.3 Å². The van der Waals surface area contributed by atoms with E-state index in [2.05, 4.69) is 48.3 Å². The summed E-state index contributed by atoms with van der Waals surface area (Å²) >= 11 is 0. The van der Waals surface area contributed by atoms with Crippen molar-refractivity contribution in [3.8, 4) is 0 Å². The monoisotopic (exact) mass is 190 g/mol. The van der Waals surface area contributed by atoms with Gasteiger partial charge in [0.15, 0.2) is 0 Å². The van der Waals surface area contributed by atoms with Crippen molar-refractivity contribution in [2.75, 3.05) is 41.4 Å². The normalized spacial score (nSPS) is 12.2. The highest BCUT2D eigenvalue weighted by molar-refractivity contribution is 6.04. The summed E-state index contributed by atoms with van der Waals surface area (Å²) in [4.78, 5) is 7.61. The molecule has 0 aromatic carbocycles. The number of hydrogen-bond acceptors (Lipinski definition) is 4. The molecule has 0 fully saturated rings. The van der Waals surface area contributed by atoms with E-state index in [1.807, 2.05) is 0 Å². The molecule has 0 aromatic rings. The third kappa shape index (κ3) is 4.84. The van der Waals surface area contributed by atoms with Gasteiger partial charge in [-0.15, -0.1) is 0 Å². The molecular formula is C7H22N4Si. The second-order valence-electron chi connectivity index (χ2n) is 3.39. The summed E-state index contributed by atoms with van der Waals surface area (Å²) in [6, 6.07) is 0. The summed E-state index contributed by atoms with van der Waals surface area (Å²) in [6.07, 6.45) is 0.472. The smallest absolute Gasteiger partial charge is 0.0764 e. The Hall–Kier alpha value is 0.0569. The Balaban J connectivity index is 3.64. The largest absolute Gasteiger partial charge is 0.334 e. The predicted octanol–water partition coefficient (Wildman–Crippen LogP) is -2.15. The number of rotatable bonds is 6. The van der Waals surface area contributed by atoms with Crippen LogP contribution < -0.4 is 10.3 Å². The van der Waals surface area contributed by atoms with E-state index in [0.29, 0.717) is 6.17 Å². The lowest BCUT2D eigenvalue weighted by Crippen LogP contribution is -2.48. The summed E-state index contributed by atoms with van der Waals surface area (Å²) in [7, 11) is 9.44. The average molecular weight is 190 g/mol. The first-order valence-electron chi connectivity index (χ1n) is 4.27. The fraction of sp³-hybridized carbons (Fsp3) is 1.00.